The Morgan fingerprint density at radius 1 is 1.43 bits per heavy atom. The van der Waals surface area contributed by atoms with Crippen LogP contribution in [0.2, 0.25) is 5.02 Å². The van der Waals surface area contributed by atoms with Crippen molar-refractivity contribution in [1.82, 2.24) is 5.32 Å². The molecule has 0 heterocycles. The highest BCUT2D eigenvalue weighted by Gasteiger charge is 2.29. The number of halogens is 1. The molecule has 0 saturated heterocycles. The van der Waals surface area contributed by atoms with Gasteiger partial charge in [0.2, 0.25) is 0 Å². The van der Waals surface area contributed by atoms with Gasteiger partial charge in [0.05, 0.1) is 6.10 Å². The summed E-state index contributed by atoms with van der Waals surface area (Å²) in [5.74, 6) is 0.732. The molecule has 5 heteroatoms. The minimum Gasteiger partial charge on any atom is -0.491 e. The Kier molecular flexibility index (Phi) is 6.30. The fraction of sp³-hybridized carbons (Fsp3) is 0.625. The molecule has 21 heavy (non-hydrogen) atoms. The highest BCUT2D eigenvalue weighted by atomic mass is 35.5. The van der Waals surface area contributed by atoms with Gasteiger partial charge in [-0.15, -0.1) is 0 Å². The standard InChI is InChI=1S/C16H24ClNO3/c1-3-20-15-7-12(8-15)18-9-13(19)10-21-14-4-5-16(17)11(2)6-14/h4-6,12-13,15,18-19H,3,7-10H2,1-2H3. The van der Waals surface area contributed by atoms with Gasteiger partial charge >= 0.3 is 0 Å². The van der Waals surface area contributed by atoms with Crippen LogP contribution in [0.4, 0.5) is 0 Å². The Hall–Kier alpha value is -0.810. The SMILES string of the molecule is CCOC1CC(NCC(O)COc2ccc(Cl)c(C)c2)C1. The minimum atomic E-state index is -0.521. The first-order chi connectivity index (χ1) is 10.1. The van der Waals surface area contributed by atoms with Gasteiger partial charge in [0.25, 0.3) is 0 Å². The fourth-order valence-corrected chi connectivity index (χ4v) is 2.48. The summed E-state index contributed by atoms with van der Waals surface area (Å²) in [7, 11) is 0. The molecule has 1 aromatic rings. The van der Waals surface area contributed by atoms with E-state index in [9.17, 15) is 5.11 Å². The van der Waals surface area contributed by atoms with E-state index in [4.69, 9.17) is 21.1 Å². The molecule has 0 aromatic heterocycles. The number of benzene rings is 1. The molecule has 2 N–H and O–H groups in total. The van der Waals surface area contributed by atoms with E-state index in [1.54, 1.807) is 6.07 Å². The van der Waals surface area contributed by atoms with Crippen molar-refractivity contribution in [2.45, 2.75) is 44.9 Å². The number of hydrogen-bond donors (Lipinski definition) is 2. The van der Waals surface area contributed by atoms with Crippen molar-refractivity contribution in [1.29, 1.82) is 0 Å². The molecular weight excluding hydrogens is 290 g/mol. The van der Waals surface area contributed by atoms with Gasteiger partial charge in [-0.05, 0) is 50.5 Å². The van der Waals surface area contributed by atoms with Gasteiger partial charge < -0.3 is 19.9 Å². The van der Waals surface area contributed by atoms with E-state index in [0.29, 0.717) is 18.7 Å². The first-order valence-corrected chi connectivity index (χ1v) is 7.88. The molecule has 0 bridgehead atoms. The Bertz CT molecular complexity index is 449. The number of aryl methyl sites for hydroxylation is 1. The van der Waals surface area contributed by atoms with Gasteiger partial charge in [0.15, 0.2) is 0 Å². The van der Waals surface area contributed by atoms with Gasteiger partial charge in [-0.3, -0.25) is 0 Å². The summed E-state index contributed by atoms with van der Waals surface area (Å²) < 4.78 is 11.1. The molecule has 0 amide bonds. The lowest BCUT2D eigenvalue weighted by molar-refractivity contribution is -0.0134. The van der Waals surface area contributed by atoms with Crippen molar-refractivity contribution in [2.75, 3.05) is 19.8 Å². The third kappa shape index (κ3) is 5.15. The van der Waals surface area contributed by atoms with E-state index >= 15 is 0 Å². The summed E-state index contributed by atoms with van der Waals surface area (Å²) >= 11 is 5.96. The lowest BCUT2D eigenvalue weighted by Crippen LogP contribution is -2.48. The molecule has 4 nitrogen and oxygen atoms in total. The van der Waals surface area contributed by atoms with E-state index in [2.05, 4.69) is 5.32 Å². The Labute approximate surface area is 131 Å². The van der Waals surface area contributed by atoms with Crippen molar-refractivity contribution < 1.29 is 14.6 Å². The minimum absolute atomic E-state index is 0.273. The van der Waals surface area contributed by atoms with E-state index in [1.165, 1.54) is 0 Å². The smallest absolute Gasteiger partial charge is 0.119 e. The number of ether oxygens (including phenoxy) is 2. The normalized spacial score (nSPS) is 22.7. The summed E-state index contributed by atoms with van der Waals surface area (Å²) in [4.78, 5) is 0. The largest absolute Gasteiger partial charge is 0.491 e. The van der Waals surface area contributed by atoms with Crippen LogP contribution in [-0.2, 0) is 4.74 Å². The highest BCUT2D eigenvalue weighted by molar-refractivity contribution is 6.31. The van der Waals surface area contributed by atoms with Crippen molar-refractivity contribution >= 4 is 11.6 Å². The Balaban J connectivity index is 1.61. The van der Waals surface area contributed by atoms with E-state index < -0.39 is 6.10 Å². The van der Waals surface area contributed by atoms with Crippen LogP contribution in [0.15, 0.2) is 18.2 Å². The fourth-order valence-electron chi connectivity index (χ4n) is 2.37. The number of nitrogens with one attached hydrogen (secondary N) is 1. The monoisotopic (exact) mass is 313 g/mol. The van der Waals surface area contributed by atoms with Crippen LogP contribution in [0.5, 0.6) is 5.75 Å². The molecule has 1 aliphatic rings. The van der Waals surface area contributed by atoms with Crippen LogP contribution in [-0.4, -0.2) is 43.1 Å². The molecule has 1 aromatic carbocycles. The van der Waals surface area contributed by atoms with Gasteiger partial charge in [0, 0.05) is 24.2 Å². The summed E-state index contributed by atoms with van der Waals surface area (Å²) in [5.41, 5.74) is 0.971. The van der Waals surface area contributed by atoms with Gasteiger partial charge in [-0.1, -0.05) is 11.6 Å². The molecule has 1 atom stereocenters. The number of rotatable bonds is 8. The number of hydrogen-bond acceptors (Lipinski definition) is 4. The zero-order valence-electron chi connectivity index (χ0n) is 12.6. The highest BCUT2D eigenvalue weighted by Crippen LogP contribution is 2.23. The lowest BCUT2D eigenvalue weighted by Gasteiger charge is -2.36. The van der Waals surface area contributed by atoms with Crippen molar-refractivity contribution in [3.8, 4) is 5.75 Å². The lowest BCUT2D eigenvalue weighted by atomic mass is 9.89. The van der Waals surface area contributed by atoms with Crippen LogP contribution in [0.25, 0.3) is 0 Å². The van der Waals surface area contributed by atoms with E-state index in [0.717, 1.165) is 35.8 Å². The predicted molar refractivity (Wildman–Crippen MR) is 84.1 cm³/mol. The topological polar surface area (TPSA) is 50.7 Å². The van der Waals surface area contributed by atoms with Gasteiger partial charge in [-0.2, -0.15) is 0 Å². The predicted octanol–water partition coefficient (Wildman–Crippen LogP) is 2.55. The summed E-state index contributed by atoms with van der Waals surface area (Å²) in [6.07, 6.45) is 1.92. The summed E-state index contributed by atoms with van der Waals surface area (Å²) in [6.45, 7) is 5.53. The van der Waals surface area contributed by atoms with Crippen LogP contribution < -0.4 is 10.1 Å². The van der Waals surface area contributed by atoms with Gasteiger partial charge in [0.1, 0.15) is 18.5 Å². The van der Waals surface area contributed by atoms with E-state index in [1.807, 2.05) is 26.0 Å². The molecule has 2 rings (SSSR count). The summed E-state index contributed by atoms with van der Waals surface area (Å²) in [5, 5.41) is 14.0. The first kappa shape index (κ1) is 16.6. The molecule has 1 unspecified atom stereocenters. The van der Waals surface area contributed by atoms with Gasteiger partial charge in [-0.25, -0.2) is 0 Å². The van der Waals surface area contributed by atoms with Crippen LogP contribution >= 0.6 is 11.6 Å². The number of aliphatic hydroxyl groups is 1. The Morgan fingerprint density at radius 3 is 2.86 bits per heavy atom. The maximum atomic E-state index is 9.93. The van der Waals surface area contributed by atoms with Crippen molar-refractivity contribution in [2.24, 2.45) is 0 Å². The molecule has 1 fully saturated rings. The van der Waals surface area contributed by atoms with Crippen molar-refractivity contribution in [3.05, 3.63) is 28.8 Å². The van der Waals surface area contributed by atoms with Crippen LogP contribution in [0.1, 0.15) is 25.3 Å². The zero-order valence-corrected chi connectivity index (χ0v) is 13.4. The molecule has 0 spiro atoms. The molecule has 1 aliphatic carbocycles. The molecule has 118 valence electrons. The average molecular weight is 314 g/mol. The third-order valence-corrected chi connectivity index (χ3v) is 4.14. The maximum absolute atomic E-state index is 9.93. The average Bonchev–Trinajstić information content (AvgIpc) is 2.42. The molecule has 0 aliphatic heterocycles. The van der Waals surface area contributed by atoms with Crippen LogP contribution in [0.3, 0.4) is 0 Å². The molecular formula is C16H24ClNO3. The Morgan fingerprint density at radius 2 is 2.19 bits per heavy atom. The number of aliphatic hydroxyl groups excluding tert-OH is 1. The maximum Gasteiger partial charge on any atom is 0.119 e. The second-order valence-corrected chi connectivity index (χ2v) is 5.94. The molecule has 1 saturated carbocycles. The van der Waals surface area contributed by atoms with E-state index in [-0.39, 0.29) is 6.61 Å². The third-order valence-electron chi connectivity index (χ3n) is 3.71. The second-order valence-electron chi connectivity index (χ2n) is 5.53. The second kappa shape index (κ2) is 7.99. The molecule has 0 radical (unpaired) electrons. The quantitative estimate of drug-likeness (QED) is 0.774. The summed E-state index contributed by atoms with van der Waals surface area (Å²) in [6, 6.07) is 5.95. The zero-order chi connectivity index (χ0) is 15.2. The van der Waals surface area contributed by atoms with Crippen molar-refractivity contribution in [3.63, 3.8) is 0 Å². The van der Waals surface area contributed by atoms with Crippen LogP contribution in [0, 0.1) is 6.92 Å². The first-order valence-electron chi connectivity index (χ1n) is 7.50.